The Hall–Kier alpha value is -2.76. The molecular formula is C18H21N5O. The Balaban J connectivity index is 1.95. The van der Waals surface area contributed by atoms with Crippen molar-refractivity contribution in [3.8, 4) is 0 Å². The normalized spacial score (nSPS) is 11.7. The summed E-state index contributed by atoms with van der Waals surface area (Å²) >= 11 is 0. The average Bonchev–Trinajstić information content (AvgIpc) is 2.85. The van der Waals surface area contributed by atoms with Crippen molar-refractivity contribution in [3.05, 3.63) is 53.4 Å². The number of hydrogen-bond donors (Lipinski definition) is 1. The minimum Gasteiger partial charge on any atom is -0.340 e. The molecule has 0 atom stereocenters. The predicted molar refractivity (Wildman–Crippen MR) is 92.7 cm³/mol. The molecule has 0 unspecified atom stereocenters. The Morgan fingerprint density at radius 1 is 1.17 bits per heavy atom. The van der Waals surface area contributed by atoms with Crippen LogP contribution in [-0.2, 0) is 12.6 Å². The zero-order valence-electron chi connectivity index (χ0n) is 14.6. The van der Waals surface area contributed by atoms with Crippen molar-refractivity contribution in [1.82, 2.24) is 24.8 Å². The number of carbonyl (C=O) groups is 1. The first-order chi connectivity index (χ1) is 11.3. The zero-order valence-corrected chi connectivity index (χ0v) is 14.6. The van der Waals surface area contributed by atoms with Crippen LogP contribution in [0.3, 0.4) is 0 Å². The van der Waals surface area contributed by atoms with Gasteiger partial charge in [-0.25, -0.2) is 15.0 Å². The van der Waals surface area contributed by atoms with Crippen LogP contribution in [-0.4, -0.2) is 25.4 Å². The molecule has 0 spiro atoms. The first-order valence-corrected chi connectivity index (χ1v) is 7.84. The molecule has 24 heavy (non-hydrogen) atoms. The van der Waals surface area contributed by atoms with Gasteiger partial charge >= 0.3 is 0 Å². The van der Waals surface area contributed by atoms with Gasteiger partial charge in [-0.1, -0.05) is 12.1 Å². The highest BCUT2D eigenvalue weighted by molar-refractivity contribution is 5.95. The van der Waals surface area contributed by atoms with Crippen molar-refractivity contribution in [3.63, 3.8) is 0 Å². The van der Waals surface area contributed by atoms with E-state index in [4.69, 9.17) is 0 Å². The lowest BCUT2D eigenvalue weighted by Gasteiger charge is -2.26. The smallest absolute Gasteiger partial charge is 0.255 e. The molecule has 1 N–H and O–H groups in total. The van der Waals surface area contributed by atoms with Gasteiger partial charge in [0.05, 0.1) is 27.8 Å². The largest absolute Gasteiger partial charge is 0.340 e. The number of aryl methyl sites for hydroxylation is 3. The Labute approximate surface area is 141 Å². The Morgan fingerprint density at radius 2 is 1.88 bits per heavy atom. The monoisotopic (exact) mass is 323 g/mol. The molecule has 0 bridgehead atoms. The lowest BCUT2D eigenvalue weighted by atomic mass is 10.0. The van der Waals surface area contributed by atoms with Crippen LogP contribution in [0.2, 0.25) is 0 Å². The maximum absolute atomic E-state index is 12.7. The standard InChI is InChI=1S/C18H21N5O/c1-11-13(10-19-12(2)20-11)16(24)22-18(3,4)17-21-14-8-6-7-9-15(14)23(17)5/h6-10H,1-5H3,(H,22,24). The molecule has 124 valence electrons. The molecule has 6 nitrogen and oxygen atoms in total. The van der Waals surface area contributed by atoms with E-state index >= 15 is 0 Å². The third-order valence-electron chi connectivity index (χ3n) is 4.12. The fourth-order valence-electron chi connectivity index (χ4n) is 2.92. The van der Waals surface area contributed by atoms with Gasteiger partial charge in [-0.3, -0.25) is 4.79 Å². The molecule has 2 heterocycles. The highest BCUT2D eigenvalue weighted by Gasteiger charge is 2.29. The third-order valence-corrected chi connectivity index (χ3v) is 4.12. The van der Waals surface area contributed by atoms with Crippen LogP contribution in [0.1, 0.15) is 41.5 Å². The Bertz CT molecular complexity index is 926. The molecule has 0 aliphatic carbocycles. The number of rotatable bonds is 3. The van der Waals surface area contributed by atoms with Crippen molar-refractivity contribution >= 4 is 16.9 Å². The minimum absolute atomic E-state index is 0.204. The molecule has 2 aromatic heterocycles. The van der Waals surface area contributed by atoms with E-state index in [1.807, 2.05) is 56.7 Å². The van der Waals surface area contributed by atoms with Crippen LogP contribution in [0, 0.1) is 13.8 Å². The number of aromatic nitrogens is 4. The highest BCUT2D eigenvalue weighted by atomic mass is 16.1. The number of nitrogens with zero attached hydrogens (tertiary/aromatic N) is 4. The molecule has 6 heteroatoms. The molecule has 0 fully saturated rings. The summed E-state index contributed by atoms with van der Waals surface area (Å²) in [6, 6.07) is 7.92. The summed E-state index contributed by atoms with van der Waals surface area (Å²) in [7, 11) is 1.96. The molecule has 1 aromatic carbocycles. The summed E-state index contributed by atoms with van der Waals surface area (Å²) < 4.78 is 2.01. The van der Waals surface area contributed by atoms with E-state index in [1.165, 1.54) is 0 Å². The summed E-state index contributed by atoms with van der Waals surface area (Å²) in [6.07, 6.45) is 1.57. The van der Waals surface area contributed by atoms with Crippen LogP contribution in [0.5, 0.6) is 0 Å². The quantitative estimate of drug-likeness (QED) is 0.804. The van der Waals surface area contributed by atoms with Gasteiger partial charge in [0.1, 0.15) is 11.6 Å². The van der Waals surface area contributed by atoms with E-state index in [0.29, 0.717) is 17.1 Å². The molecule has 3 rings (SSSR count). The number of amides is 1. The summed E-state index contributed by atoms with van der Waals surface area (Å²) in [5.74, 6) is 1.24. The van der Waals surface area contributed by atoms with Crippen molar-refractivity contribution < 1.29 is 4.79 Å². The Kier molecular flexibility index (Phi) is 3.83. The number of nitrogens with one attached hydrogen (secondary N) is 1. The van der Waals surface area contributed by atoms with Crippen LogP contribution < -0.4 is 5.32 Å². The molecule has 0 saturated heterocycles. The summed E-state index contributed by atoms with van der Waals surface area (Å²) in [5, 5.41) is 3.05. The Morgan fingerprint density at radius 3 is 2.54 bits per heavy atom. The second-order valence-corrected chi connectivity index (χ2v) is 6.48. The molecule has 0 saturated carbocycles. The van der Waals surface area contributed by atoms with Gasteiger partial charge in [0.2, 0.25) is 0 Å². The van der Waals surface area contributed by atoms with Crippen molar-refractivity contribution in [2.75, 3.05) is 0 Å². The van der Waals surface area contributed by atoms with Gasteiger partial charge in [-0.05, 0) is 39.8 Å². The van der Waals surface area contributed by atoms with Gasteiger partial charge in [-0.15, -0.1) is 0 Å². The SMILES string of the molecule is Cc1ncc(C(=O)NC(C)(C)c2nc3ccccc3n2C)c(C)n1. The predicted octanol–water partition coefficient (Wildman–Crippen LogP) is 2.65. The number of benzene rings is 1. The fourth-order valence-corrected chi connectivity index (χ4v) is 2.92. The second-order valence-electron chi connectivity index (χ2n) is 6.48. The second kappa shape index (κ2) is 5.70. The van der Waals surface area contributed by atoms with Crippen molar-refractivity contribution in [2.45, 2.75) is 33.2 Å². The molecular weight excluding hydrogens is 302 g/mol. The van der Waals surface area contributed by atoms with E-state index in [2.05, 4.69) is 20.3 Å². The zero-order chi connectivity index (χ0) is 17.5. The fraction of sp³-hybridized carbons (Fsp3) is 0.333. The summed E-state index contributed by atoms with van der Waals surface area (Å²) in [6.45, 7) is 7.50. The summed E-state index contributed by atoms with van der Waals surface area (Å²) in [4.78, 5) is 25.7. The number of para-hydroxylation sites is 2. The number of imidazole rings is 1. The highest BCUT2D eigenvalue weighted by Crippen LogP contribution is 2.24. The topological polar surface area (TPSA) is 72.7 Å². The average molecular weight is 323 g/mol. The van der Waals surface area contributed by atoms with Crippen molar-refractivity contribution in [1.29, 1.82) is 0 Å². The first-order valence-electron chi connectivity index (χ1n) is 7.84. The molecule has 0 radical (unpaired) electrons. The van der Waals surface area contributed by atoms with E-state index in [9.17, 15) is 4.79 Å². The van der Waals surface area contributed by atoms with Crippen molar-refractivity contribution in [2.24, 2.45) is 7.05 Å². The third kappa shape index (κ3) is 2.75. The van der Waals surface area contributed by atoms with Crippen LogP contribution in [0.25, 0.3) is 11.0 Å². The van der Waals surface area contributed by atoms with Crippen LogP contribution in [0.15, 0.2) is 30.5 Å². The number of fused-ring (bicyclic) bond motifs is 1. The number of carbonyl (C=O) groups excluding carboxylic acids is 1. The van der Waals surface area contributed by atoms with Gasteiger partial charge < -0.3 is 9.88 Å². The van der Waals surface area contributed by atoms with E-state index in [-0.39, 0.29) is 5.91 Å². The number of hydrogen-bond acceptors (Lipinski definition) is 4. The van der Waals surface area contributed by atoms with E-state index in [0.717, 1.165) is 16.9 Å². The van der Waals surface area contributed by atoms with Gasteiger partial charge in [0.25, 0.3) is 5.91 Å². The lowest BCUT2D eigenvalue weighted by molar-refractivity contribution is 0.0906. The molecule has 3 aromatic rings. The molecule has 0 aliphatic rings. The van der Waals surface area contributed by atoms with Crippen LogP contribution >= 0.6 is 0 Å². The lowest BCUT2D eigenvalue weighted by Crippen LogP contribution is -2.43. The van der Waals surface area contributed by atoms with Gasteiger partial charge in [0, 0.05) is 13.2 Å². The summed E-state index contributed by atoms with van der Waals surface area (Å²) in [5.41, 5.74) is 2.45. The van der Waals surface area contributed by atoms with Crippen LogP contribution in [0.4, 0.5) is 0 Å². The maximum Gasteiger partial charge on any atom is 0.255 e. The minimum atomic E-state index is -0.637. The first kappa shape index (κ1) is 16.1. The molecule has 1 amide bonds. The van der Waals surface area contributed by atoms with E-state index in [1.54, 1.807) is 13.1 Å². The van der Waals surface area contributed by atoms with E-state index < -0.39 is 5.54 Å². The maximum atomic E-state index is 12.7. The van der Waals surface area contributed by atoms with Gasteiger partial charge in [-0.2, -0.15) is 0 Å². The molecule has 0 aliphatic heterocycles. The van der Waals surface area contributed by atoms with Gasteiger partial charge in [0.15, 0.2) is 0 Å².